The van der Waals surface area contributed by atoms with E-state index >= 15 is 0 Å². The highest BCUT2D eigenvalue weighted by atomic mass is 16.4. The van der Waals surface area contributed by atoms with Gasteiger partial charge in [-0.15, -0.1) is 0 Å². The molecule has 4 nitrogen and oxygen atoms in total. The number of aliphatic carboxylic acids is 1. The van der Waals surface area contributed by atoms with Crippen LogP contribution in [0.1, 0.15) is 65.2 Å². The van der Waals surface area contributed by atoms with Crippen LogP contribution in [0.3, 0.4) is 0 Å². The van der Waals surface area contributed by atoms with Crippen molar-refractivity contribution < 1.29 is 14.7 Å². The average Bonchev–Trinajstić information content (AvgIpc) is 2.56. The molecule has 1 atom stereocenters. The Hall–Kier alpha value is -1.06. The van der Waals surface area contributed by atoms with E-state index in [1.165, 1.54) is 25.7 Å². The van der Waals surface area contributed by atoms with Crippen molar-refractivity contribution in [2.75, 3.05) is 0 Å². The molecule has 0 saturated heterocycles. The molecule has 0 heterocycles. The summed E-state index contributed by atoms with van der Waals surface area (Å²) in [7, 11) is 0. The van der Waals surface area contributed by atoms with Crippen LogP contribution in [0.5, 0.6) is 0 Å². The molecular formula is C15H27NO3. The molecule has 4 heteroatoms. The molecule has 0 aromatic heterocycles. The Morgan fingerprint density at radius 2 is 1.74 bits per heavy atom. The lowest BCUT2D eigenvalue weighted by Gasteiger charge is -2.22. The maximum atomic E-state index is 12.0. The Labute approximate surface area is 116 Å². The zero-order chi connectivity index (χ0) is 14.3. The number of amides is 1. The highest BCUT2D eigenvalue weighted by molar-refractivity contribution is 5.77. The summed E-state index contributed by atoms with van der Waals surface area (Å²) in [6.07, 6.45) is 7.85. The van der Waals surface area contributed by atoms with Gasteiger partial charge in [-0.05, 0) is 24.7 Å². The smallest absolute Gasteiger partial charge is 0.305 e. The summed E-state index contributed by atoms with van der Waals surface area (Å²) in [4.78, 5) is 22.8. The van der Waals surface area contributed by atoms with Crippen LogP contribution in [0.4, 0.5) is 0 Å². The Morgan fingerprint density at radius 1 is 1.16 bits per heavy atom. The highest BCUT2D eigenvalue weighted by Crippen LogP contribution is 2.25. The Balaban J connectivity index is 2.40. The largest absolute Gasteiger partial charge is 0.481 e. The van der Waals surface area contributed by atoms with E-state index in [1.807, 2.05) is 13.8 Å². The number of rotatable bonds is 6. The van der Waals surface area contributed by atoms with Crippen molar-refractivity contribution >= 4 is 11.9 Å². The van der Waals surface area contributed by atoms with Gasteiger partial charge in [-0.25, -0.2) is 0 Å². The first-order valence-electron chi connectivity index (χ1n) is 7.50. The molecule has 19 heavy (non-hydrogen) atoms. The van der Waals surface area contributed by atoms with Crippen LogP contribution in [-0.2, 0) is 9.59 Å². The van der Waals surface area contributed by atoms with E-state index in [-0.39, 0.29) is 24.3 Å². The first kappa shape index (κ1) is 16.0. The van der Waals surface area contributed by atoms with Crippen LogP contribution in [0.15, 0.2) is 0 Å². The minimum absolute atomic E-state index is 0.00801. The molecule has 1 rings (SSSR count). The quantitative estimate of drug-likeness (QED) is 0.728. The maximum absolute atomic E-state index is 12.0. The predicted octanol–water partition coefficient (Wildman–Crippen LogP) is 2.96. The van der Waals surface area contributed by atoms with Crippen LogP contribution in [0.2, 0.25) is 0 Å². The fraction of sp³-hybridized carbons (Fsp3) is 0.867. The van der Waals surface area contributed by atoms with E-state index in [0.29, 0.717) is 12.3 Å². The highest BCUT2D eigenvalue weighted by Gasteiger charge is 2.21. The van der Waals surface area contributed by atoms with Gasteiger partial charge in [0.15, 0.2) is 0 Å². The number of carbonyl (C=O) groups excluding carboxylic acids is 1. The van der Waals surface area contributed by atoms with Crippen molar-refractivity contribution in [1.29, 1.82) is 0 Å². The van der Waals surface area contributed by atoms with Crippen LogP contribution in [-0.4, -0.2) is 23.0 Å². The topological polar surface area (TPSA) is 66.4 Å². The molecule has 0 aromatic carbocycles. The van der Waals surface area contributed by atoms with Gasteiger partial charge in [0.1, 0.15) is 0 Å². The molecule has 0 aromatic rings. The van der Waals surface area contributed by atoms with Crippen LogP contribution in [0, 0.1) is 11.8 Å². The van der Waals surface area contributed by atoms with Gasteiger partial charge in [-0.1, -0.05) is 39.5 Å². The molecule has 0 spiro atoms. The molecule has 1 aliphatic carbocycles. The Bertz CT molecular complexity index is 294. The van der Waals surface area contributed by atoms with Gasteiger partial charge < -0.3 is 10.4 Å². The molecule has 1 unspecified atom stereocenters. The summed E-state index contributed by atoms with van der Waals surface area (Å²) in [5, 5.41) is 11.7. The third kappa shape index (κ3) is 6.60. The average molecular weight is 269 g/mol. The van der Waals surface area contributed by atoms with Crippen molar-refractivity contribution in [2.45, 2.75) is 71.3 Å². The monoisotopic (exact) mass is 269 g/mol. The molecule has 1 saturated carbocycles. The lowest BCUT2D eigenvalue weighted by atomic mass is 9.95. The molecule has 1 amide bonds. The third-order valence-corrected chi connectivity index (χ3v) is 3.99. The van der Waals surface area contributed by atoms with Gasteiger partial charge in [-0.2, -0.15) is 0 Å². The minimum Gasteiger partial charge on any atom is -0.481 e. The van der Waals surface area contributed by atoms with Gasteiger partial charge in [0.05, 0.1) is 6.42 Å². The second-order valence-electron chi connectivity index (χ2n) is 6.08. The molecule has 110 valence electrons. The number of carboxylic acids is 1. The number of hydrogen-bond acceptors (Lipinski definition) is 2. The van der Waals surface area contributed by atoms with Crippen molar-refractivity contribution in [3.05, 3.63) is 0 Å². The Morgan fingerprint density at radius 3 is 2.21 bits per heavy atom. The van der Waals surface area contributed by atoms with E-state index in [2.05, 4.69) is 5.32 Å². The van der Waals surface area contributed by atoms with Gasteiger partial charge in [-0.3, -0.25) is 9.59 Å². The molecule has 1 fully saturated rings. The van der Waals surface area contributed by atoms with Gasteiger partial charge in [0, 0.05) is 12.5 Å². The van der Waals surface area contributed by atoms with E-state index in [1.54, 1.807) is 0 Å². The number of hydrogen-bond donors (Lipinski definition) is 2. The van der Waals surface area contributed by atoms with Crippen molar-refractivity contribution in [3.8, 4) is 0 Å². The molecular weight excluding hydrogens is 242 g/mol. The van der Waals surface area contributed by atoms with Crippen molar-refractivity contribution in [2.24, 2.45) is 11.8 Å². The molecule has 0 bridgehead atoms. The lowest BCUT2D eigenvalue weighted by molar-refractivity contribution is -0.138. The number of nitrogens with one attached hydrogen (secondary N) is 1. The third-order valence-electron chi connectivity index (χ3n) is 3.99. The molecule has 2 N–H and O–H groups in total. The summed E-state index contributed by atoms with van der Waals surface area (Å²) >= 11 is 0. The van der Waals surface area contributed by atoms with Crippen LogP contribution < -0.4 is 5.32 Å². The van der Waals surface area contributed by atoms with E-state index in [9.17, 15) is 9.59 Å². The first-order chi connectivity index (χ1) is 8.99. The van der Waals surface area contributed by atoms with Crippen molar-refractivity contribution in [1.82, 2.24) is 5.32 Å². The van der Waals surface area contributed by atoms with E-state index in [4.69, 9.17) is 5.11 Å². The van der Waals surface area contributed by atoms with E-state index < -0.39 is 5.97 Å². The standard InChI is InChI=1S/C15H27NO3/c1-11(2)13(10-15(18)19)16-14(17)9-12-7-5-3-4-6-8-12/h11-13H,3-10H2,1-2H3,(H,16,17)(H,18,19). The Kier molecular flexibility index (Phi) is 6.89. The molecule has 0 radical (unpaired) electrons. The second kappa shape index (κ2) is 8.18. The molecule has 1 aliphatic rings. The normalized spacial score (nSPS) is 18.9. The summed E-state index contributed by atoms with van der Waals surface area (Å²) in [6, 6.07) is -0.254. The fourth-order valence-corrected chi connectivity index (χ4v) is 2.74. The summed E-state index contributed by atoms with van der Waals surface area (Å²) in [5.41, 5.74) is 0. The predicted molar refractivity (Wildman–Crippen MR) is 74.8 cm³/mol. The zero-order valence-corrected chi connectivity index (χ0v) is 12.2. The fourth-order valence-electron chi connectivity index (χ4n) is 2.74. The van der Waals surface area contributed by atoms with E-state index in [0.717, 1.165) is 12.8 Å². The summed E-state index contributed by atoms with van der Waals surface area (Å²) in [5.74, 6) is -0.199. The number of carbonyl (C=O) groups is 2. The second-order valence-corrected chi connectivity index (χ2v) is 6.08. The van der Waals surface area contributed by atoms with Gasteiger partial charge in [0.2, 0.25) is 5.91 Å². The number of carboxylic acid groups (broad SMARTS) is 1. The maximum Gasteiger partial charge on any atom is 0.305 e. The summed E-state index contributed by atoms with van der Waals surface area (Å²) in [6.45, 7) is 3.89. The van der Waals surface area contributed by atoms with Crippen LogP contribution >= 0.6 is 0 Å². The van der Waals surface area contributed by atoms with Crippen molar-refractivity contribution in [3.63, 3.8) is 0 Å². The molecule has 0 aliphatic heterocycles. The SMILES string of the molecule is CC(C)C(CC(=O)O)NC(=O)CC1CCCCCC1. The van der Waals surface area contributed by atoms with Crippen LogP contribution in [0.25, 0.3) is 0 Å². The minimum atomic E-state index is -0.853. The first-order valence-corrected chi connectivity index (χ1v) is 7.50. The lowest BCUT2D eigenvalue weighted by Crippen LogP contribution is -2.40. The van der Waals surface area contributed by atoms with Gasteiger partial charge >= 0.3 is 5.97 Å². The summed E-state index contributed by atoms with van der Waals surface area (Å²) < 4.78 is 0. The van der Waals surface area contributed by atoms with Gasteiger partial charge in [0.25, 0.3) is 0 Å². The zero-order valence-electron chi connectivity index (χ0n) is 12.2.